The minimum Gasteiger partial charge on any atom is -0.493 e. The zero-order valence-corrected chi connectivity index (χ0v) is 20.1. The fraction of sp³-hybridized carbons (Fsp3) is 0.538. The average molecular weight is 470 g/mol. The first-order chi connectivity index (χ1) is 16.3. The number of allylic oxidation sites excluding steroid dienone is 2. The largest absolute Gasteiger partial charge is 0.493 e. The van der Waals surface area contributed by atoms with Gasteiger partial charge >= 0.3 is 0 Å². The quantitative estimate of drug-likeness (QED) is 0.509. The van der Waals surface area contributed by atoms with Crippen LogP contribution in [0.4, 0.5) is 0 Å². The van der Waals surface area contributed by atoms with Crippen molar-refractivity contribution >= 4 is 23.5 Å². The van der Waals surface area contributed by atoms with Gasteiger partial charge in [-0.1, -0.05) is 44.2 Å². The number of ether oxygens (including phenoxy) is 1. The van der Waals surface area contributed by atoms with Crippen molar-refractivity contribution in [2.45, 2.75) is 46.0 Å². The van der Waals surface area contributed by atoms with E-state index in [1.807, 2.05) is 36.4 Å². The third-order valence-corrected chi connectivity index (χ3v) is 6.53. The highest BCUT2D eigenvalue weighted by molar-refractivity contribution is 6.36. The predicted octanol–water partition coefficient (Wildman–Crippen LogP) is 2.02. The summed E-state index contributed by atoms with van der Waals surface area (Å²) in [7, 11) is 0. The van der Waals surface area contributed by atoms with Crippen LogP contribution < -0.4 is 15.4 Å². The van der Waals surface area contributed by atoms with Crippen LogP contribution in [0.25, 0.3) is 0 Å². The fourth-order valence-electron chi connectivity index (χ4n) is 4.30. The lowest BCUT2D eigenvalue weighted by Gasteiger charge is -2.40. The molecule has 8 heteroatoms. The van der Waals surface area contributed by atoms with Gasteiger partial charge in [-0.3, -0.25) is 19.2 Å². The minimum atomic E-state index is -0.661. The summed E-state index contributed by atoms with van der Waals surface area (Å²) < 4.78 is 5.83. The molecule has 0 aromatic heterocycles. The number of nitrogens with one attached hydrogen (secondary N) is 2. The van der Waals surface area contributed by atoms with Gasteiger partial charge in [0.15, 0.2) is 0 Å². The summed E-state index contributed by atoms with van der Waals surface area (Å²) in [4.78, 5) is 51.5. The highest BCUT2D eigenvalue weighted by atomic mass is 16.5. The van der Waals surface area contributed by atoms with E-state index in [1.165, 1.54) is 0 Å². The Labute approximate surface area is 201 Å². The number of ketones is 1. The van der Waals surface area contributed by atoms with E-state index in [0.717, 1.165) is 11.3 Å². The van der Waals surface area contributed by atoms with Crippen molar-refractivity contribution in [1.82, 2.24) is 15.5 Å². The number of hydrogen-bond acceptors (Lipinski definition) is 5. The number of amides is 3. The van der Waals surface area contributed by atoms with E-state index in [1.54, 1.807) is 18.7 Å². The zero-order chi connectivity index (χ0) is 24.6. The second kappa shape index (κ2) is 11.8. The van der Waals surface area contributed by atoms with Crippen molar-refractivity contribution in [3.63, 3.8) is 0 Å². The highest BCUT2D eigenvalue weighted by Gasteiger charge is 2.42. The Morgan fingerprint density at radius 2 is 1.74 bits per heavy atom. The molecule has 0 bridgehead atoms. The number of rotatable bonds is 2. The van der Waals surface area contributed by atoms with E-state index in [-0.39, 0.29) is 30.8 Å². The van der Waals surface area contributed by atoms with Crippen molar-refractivity contribution in [1.29, 1.82) is 0 Å². The van der Waals surface area contributed by atoms with Gasteiger partial charge in [-0.25, -0.2) is 0 Å². The van der Waals surface area contributed by atoms with Crippen LogP contribution in [0.1, 0.15) is 45.1 Å². The fourth-order valence-corrected chi connectivity index (χ4v) is 4.30. The van der Waals surface area contributed by atoms with Gasteiger partial charge in [0, 0.05) is 32.1 Å². The molecule has 2 aliphatic rings. The topological polar surface area (TPSA) is 105 Å². The summed E-state index contributed by atoms with van der Waals surface area (Å²) >= 11 is 0. The van der Waals surface area contributed by atoms with Gasteiger partial charge in [0.25, 0.3) is 5.91 Å². The minimum absolute atomic E-state index is 0.0792. The Balaban J connectivity index is 1.74. The summed E-state index contributed by atoms with van der Waals surface area (Å²) in [5, 5.41) is 5.76. The molecule has 2 N–H and O–H groups in total. The zero-order valence-electron chi connectivity index (χ0n) is 20.1. The van der Waals surface area contributed by atoms with Crippen molar-refractivity contribution in [2.75, 3.05) is 32.8 Å². The normalized spacial score (nSPS) is 20.6. The van der Waals surface area contributed by atoms with Crippen LogP contribution in [0.15, 0.2) is 36.4 Å². The molecule has 3 rings (SSSR count). The van der Waals surface area contributed by atoms with Gasteiger partial charge in [0.05, 0.1) is 18.4 Å². The first-order valence-electron chi connectivity index (χ1n) is 12.1. The number of hydrogen-bond donors (Lipinski definition) is 2. The number of benzene rings is 1. The monoisotopic (exact) mass is 469 g/mol. The number of likely N-dealkylation sites (tertiary alicyclic amines) is 1. The number of carbonyl (C=O) groups excluding carboxylic acids is 4. The second-order valence-corrected chi connectivity index (χ2v) is 9.28. The van der Waals surface area contributed by atoms with Gasteiger partial charge in [-0.2, -0.15) is 0 Å². The van der Waals surface area contributed by atoms with E-state index < -0.39 is 17.1 Å². The number of piperidine rings is 1. The number of fused-ring (bicyclic) bond motifs is 1. The molecule has 1 saturated heterocycles. The molecule has 2 heterocycles. The maximum atomic E-state index is 13.2. The maximum Gasteiger partial charge on any atom is 0.290 e. The number of carbonyl (C=O) groups is 4. The number of nitrogens with zero attached hydrogens (tertiary/aromatic N) is 1. The van der Waals surface area contributed by atoms with Crippen LogP contribution >= 0.6 is 0 Å². The van der Waals surface area contributed by atoms with E-state index in [9.17, 15) is 19.2 Å². The van der Waals surface area contributed by atoms with Gasteiger partial charge < -0.3 is 20.3 Å². The first kappa shape index (κ1) is 25.5. The van der Waals surface area contributed by atoms with E-state index in [2.05, 4.69) is 10.6 Å². The van der Waals surface area contributed by atoms with Gasteiger partial charge in [-0.15, -0.1) is 0 Å². The third kappa shape index (κ3) is 6.46. The Morgan fingerprint density at radius 3 is 2.47 bits per heavy atom. The summed E-state index contributed by atoms with van der Waals surface area (Å²) in [6.45, 7) is 5.12. The predicted molar refractivity (Wildman–Crippen MR) is 128 cm³/mol. The maximum absolute atomic E-state index is 13.2. The molecule has 1 fully saturated rings. The van der Waals surface area contributed by atoms with Gasteiger partial charge in [-0.05, 0) is 37.3 Å². The van der Waals surface area contributed by atoms with E-state index >= 15 is 0 Å². The summed E-state index contributed by atoms with van der Waals surface area (Å²) in [6, 6.07) is 7.73. The standard InChI is InChI=1S/C26H35N3O5/c1-19(2)23(31)24(32)29-16-12-26(13-17-29)11-6-5-8-20-7-3-4-9-21(20)34-18-10-22(30)27-14-15-28-25(26)33/h3-7,9,19H,8,10-18H2,1-2H3,(H,27,30)(H,28,33)/b6-5+. The molecule has 8 nitrogen and oxygen atoms in total. The summed E-state index contributed by atoms with van der Waals surface area (Å²) in [5.74, 6) is -0.664. The van der Waals surface area contributed by atoms with Crippen LogP contribution in [0.3, 0.4) is 0 Å². The lowest BCUT2D eigenvalue weighted by Crippen LogP contribution is -2.52. The molecule has 0 radical (unpaired) electrons. The van der Waals surface area contributed by atoms with Crippen LogP contribution in [0.2, 0.25) is 0 Å². The van der Waals surface area contributed by atoms with Crippen molar-refractivity contribution < 1.29 is 23.9 Å². The molecular formula is C26H35N3O5. The highest BCUT2D eigenvalue weighted by Crippen LogP contribution is 2.36. The molecule has 0 unspecified atom stereocenters. The van der Waals surface area contributed by atoms with Gasteiger partial charge in [0.2, 0.25) is 17.6 Å². The van der Waals surface area contributed by atoms with Crippen LogP contribution in [-0.4, -0.2) is 61.2 Å². The third-order valence-electron chi connectivity index (χ3n) is 6.53. The van der Waals surface area contributed by atoms with E-state index in [4.69, 9.17) is 4.74 Å². The molecule has 1 aromatic carbocycles. The van der Waals surface area contributed by atoms with E-state index in [0.29, 0.717) is 51.9 Å². The Bertz CT molecular complexity index is 932. The van der Waals surface area contributed by atoms with Crippen LogP contribution in [-0.2, 0) is 25.6 Å². The SMILES string of the molecule is CC(C)C(=O)C(=O)N1CCC2(C/C=C/Cc3ccccc3OCCC(=O)NCCNC2=O)CC1. The summed E-state index contributed by atoms with van der Waals surface area (Å²) in [5.41, 5.74) is 0.350. The lowest BCUT2D eigenvalue weighted by atomic mass is 9.74. The molecule has 2 aliphatic heterocycles. The van der Waals surface area contributed by atoms with Gasteiger partial charge in [0.1, 0.15) is 5.75 Å². The molecular weight excluding hydrogens is 434 g/mol. The molecule has 0 saturated carbocycles. The Hall–Kier alpha value is -3.16. The Morgan fingerprint density at radius 1 is 1.03 bits per heavy atom. The van der Waals surface area contributed by atoms with Crippen LogP contribution in [0.5, 0.6) is 5.75 Å². The van der Waals surface area contributed by atoms with Crippen LogP contribution in [0, 0.1) is 11.3 Å². The lowest BCUT2D eigenvalue weighted by molar-refractivity contribution is -0.149. The molecule has 3 amide bonds. The Kier molecular flexibility index (Phi) is 8.85. The summed E-state index contributed by atoms with van der Waals surface area (Å²) in [6.07, 6.45) is 6.44. The number of para-hydroxylation sites is 1. The van der Waals surface area contributed by atoms with Crippen molar-refractivity contribution in [2.24, 2.45) is 11.3 Å². The van der Waals surface area contributed by atoms with Crippen molar-refractivity contribution in [3.05, 3.63) is 42.0 Å². The molecule has 34 heavy (non-hydrogen) atoms. The van der Waals surface area contributed by atoms with Crippen molar-refractivity contribution in [3.8, 4) is 5.75 Å². The first-order valence-corrected chi connectivity index (χ1v) is 12.1. The molecule has 0 atom stereocenters. The smallest absolute Gasteiger partial charge is 0.290 e. The second-order valence-electron chi connectivity index (χ2n) is 9.28. The molecule has 0 aliphatic carbocycles. The molecule has 1 aromatic rings. The molecule has 1 spiro atoms. The average Bonchev–Trinajstić information content (AvgIpc) is 2.84. The number of Topliss-reactive ketones (excluding diaryl/α,β-unsaturated/α-hetero) is 1. The molecule has 184 valence electrons.